The van der Waals surface area contributed by atoms with E-state index in [9.17, 15) is 4.79 Å². The Kier molecular flexibility index (Phi) is 3.66. The molecular formula is C12H11BrN2O3. The SMILES string of the molecule is Cn1ccc(COc2ccc(C(=O)O)cc2Br)n1. The van der Waals surface area contributed by atoms with Gasteiger partial charge in [-0.05, 0) is 40.2 Å². The number of nitrogens with zero attached hydrogens (tertiary/aromatic N) is 2. The Morgan fingerprint density at radius 2 is 2.28 bits per heavy atom. The van der Waals surface area contributed by atoms with Crippen LogP contribution in [0.5, 0.6) is 5.75 Å². The number of ether oxygens (including phenoxy) is 1. The molecule has 1 N–H and O–H groups in total. The van der Waals surface area contributed by atoms with Crippen LogP contribution in [0.2, 0.25) is 0 Å². The van der Waals surface area contributed by atoms with Gasteiger partial charge in [-0.25, -0.2) is 4.79 Å². The molecule has 0 bridgehead atoms. The molecule has 0 saturated carbocycles. The van der Waals surface area contributed by atoms with E-state index >= 15 is 0 Å². The predicted molar refractivity (Wildman–Crippen MR) is 68.6 cm³/mol. The van der Waals surface area contributed by atoms with Gasteiger partial charge in [0.05, 0.1) is 15.7 Å². The Morgan fingerprint density at radius 3 is 2.83 bits per heavy atom. The molecular weight excluding hydrogens is 300 g/mol. The normalized spacial score (nSPS) is 10.3. The molecule has 2 rings (SSSR count). The standard InChI is InChI=1S/C12H11BrN2O3/c1-15-5-4-9(14-15)7-18-11-3-2-8(12(16)17)6-10(11)13/h2-6H,7H2,1H3,(H,16,17). The fraction of sp³-hybridized carbons (Fsp3) is 0.167. The maximum atomic E-state index is 10.8. The van der Waals surface area contributed by atoms with E-state index in [1.54, 1.807) is 10.7 Å². The minimum absolute atomic E-state index is 0.215. The molecule has 94 valence electrons. The van der Waals surface area contributed by atoms with Crippen molar-refractivity contribution in [3.63, 3.8) is 0 Å². The molecule has 6 heteroatoms. The number of benzene rings is 1. The molecule has 0 radical (unpaired) electrons. The maximum absolute atomic E-state index is 10.8. The van der Waals surface area contributed by atoms with E-state index in [2.05, 4.69) is 21.0 Å². The summed E-state index contributed by atoms with van der Waals surface area (Å²) in [5.41, 5.74) is 1.03. The third-order valence-electron chi connectivity index (χ3n) is 2.32. The van der Waals surface area contributed by atoms with Crippen LogP contribution in [0.25, 0.3) is 0 Å². The summed E-state index contributed by atoms with van der Waals surface area (Å²) in [5, 5.41) is 13.0. The number of carboxylic acid groups (broad SMARTS) is 1. The summed E-state index contributed by atoms with van der Waals surface area (Å²) in [6, 6.07) is 6.49. The molecule has 0 unspecified atom stereocenters. The molecule has 0 aliphatic rings. The number of rotatable bonds is 4. The first kappa shape index (κ1) is 12.6. The van der Waals surface area contributed by atoms with Crippen molar-refractivity contribution in [2.75, 3.05) is 0 Å². The molecule has 0 amide bonds. The molecule has 0 spiro atoms. The van der Waals surface area contributed by atoms with Crippen LogP contribution in [0.1, 0.15) is 16.1 Å². The maximum Gasteiger partial charge on any atom is 0.335 e. The van der Waals surface area contributed by atoms with Crippen molar-refractivity contribution < 1.29 is 14.6 Å². The van der Waals surface area contributed by atoms with Gasteiger partial charge in [-0.1, -0.05) is 0 Å². The summed E-state index contributed by atoms with van der Waals surface area (Å²) in [6.45, 7) is 0.339. The molecule has 1 aromatic carbocycles. The predicted octanol–water partition coefficient (Wildman–Crippen LogP) is 2.46. The smallest absolute Gasteiger partial charge is 0.335 e. The fourth-order valence-electron chi connectivity index (χ4n) is 1.44. The van der Waals surface area contributed by atoms with Gasteiger partial charge in [0.2, 0.25) is 0 Å². The minimum Gasteiger partial charge on any atom is -0.486 e. The van der Waals surface area contributed by atoms with Crippen molar-refractivity contribution in [3.05, 3.63) is 46.2 Å². The number of aromatic carboxylic acids is 1. The average molecular weight is 311 g/mol. The summed E-state index contributed by atoms with van der Waals surface area (Å²) < 4.78 is 7.86. The van der Waals surface area contributed by atoms with Gasteiger partial charge in [-0.2, -0.15) is 5.10 Å². The van der Waals surface area contributed by atoms with Gasteiger partial charge in [0.15, 0.2) is 0 Å². The molecule has 2 aromatic rings. The van der Waals surface area contributed by atoms with E-state index in [0.717, 1.165) is 5.69 Å². The molecule has 0 atom stereocenters. The Morgan fingerprint density at radius 1 is 1.50 bits per heavy atom. The molecule has 5 nitrogen and oxygen atoms in total. The summed E-state index contributed by atoms with van der Waals surface area (Å²) in [7, 11) is 1.83. The van der Waals surface area contributed by atoms with Gasteiger partial charge in [-0.3, -0.25) is 4.68 Å². The van der Waals surface area contributed by atoms with Crippen LogP contribution in [0.3, 0.4) is 0 Å². The molecule has 18 heavy (non-hydrogen) atoms. The Bertz CT molecular complexity index is 580. The third kappa shape index (κ3) is 2.89. The average Bonchev–Trinajstić information content (AvgIpc) is 2.73. The Labute approximate surface area is 112 Å². The highest BCUT2D eigenvalue weighted by molar-refractivity contribution is 9.10. The van der Waals surface area contributed by atoms with E-state index in [-0.39, 0.29) is 5.56 Å². The van der Waals surface area contributed by atoms with Crippen LogP contribution in [-0.4, -0.2) is 20.9 Å². The number of hydrogen-bond acceptors (Lipinski definition) is 3. The van der Waals surface area contributed by atoms with Crippen LogP contribution >= 0.6 is 15.9 Å². The second kappa shape index (κ2) is 5.22. The van der Waals surface area contributed by atoms with E-state index in [1.165, 1.54) is 12.1 Å². The van der Waals surface area contributed by atoms with Crippen molar-refractivity contribution in [2.45, 2.75) is 6.61 Å². The zero-order valence-corrected chi connectivity index (χ0v) is 11.2. The van der Waals surface area contributed by atoms with Crippen molar-refractivity contribution >= 4 is 21.9 Å². The first-order chi connectivity index (χ1) is 8.56. The monoisotopic (exact) mass is 310 g/mol. The zero-order chi connectivity index (χ0) is 13.1. The minimum atomic E-state index is -0.966. The summed E-state index contributed by atoms with van der Waals surface area (Å²) >= 11 is 3.28. The fourth-order valence-corrected chi connectivity index (χ4v) is 1.94. The van der Waals surface area contributed by atoms with E-state index in [1.807, 2.05) is 19.3 Å². The van der Waals surface area contributed by atoms with Crippen LogP contribution in [0, 0.1) is 0 Å². The van der Waals surface area contributed by atoms with Gasteiger partial charge >= 0.3 is 5.97 Å². The summed E-state index contributed by atoms with van der Waals surface area (Å²) in [4.78, 5) is 10.8. The molecule has 1 heterocycles. The van der Waals surface area contributed by atoms with Gasteiger partial charge in [-0.15, -0.1) is 0 Å². The molecule has 0 fully saturated rings. The quantitative estimate of drug-likeness (QED) is 0.942. The van der Waals surface area contributed by atoms with Crippen molar-refractivity contribution in [3.8, 4) is 5.75 Å². The van der Waals surface area contributed by atoms with Crippen molar-refractivity contribution in [2.24, 2.45) is 7.05 Å². The van der Waals surface area contributed by atoms with Gasteiger partial charge in [0, 0.05) is 13.2 Å². The third-order valence-corrected chi connectivity index (χ3v) is 2.94. The van der Waals surface area contributed by atoms with Crippen LogP contribution in [0.15, 0.2) is 34.9 Å². The van der Waals surface area contributed by atoms with Gasteiger partial charge in [0.25, 0.3) is 0 Å². The van der Waals surface area contributed by atoms with Crippen molar-refractivity contribution in [1.82, 2.24) is 9.78 Å². The van der Waals surface area contributed by atoms with Gasteiger partial charge in [0.1, 0.15) is 12.4 Å². The highest BCUT2D eigenvalue weighted by Gasteiger charge is 2.08. The number of aryl methyl sites for hydroxylation is 1. The van der Waals surface area contributed by atoms with Gasteiger partial charge < -0.3 is 9.84 Å². The summed E-state index contributed by atoms with van der Waals surface area (Å²) in [5.74, 6) is -0.377. The summed E-state index contributed by atoms with van der Waals surface area (Å²) in [6.07, 6.45) is 1.83. The lowest BCUT2D eigenvalue weighted by atomic mass is 10.2. The van der Waals surface area contributed by atoms with E-state index < -0.39 is 5.97 Å². The zero-order valence-electron chi connectivity index (χ0n) is 9.63. The molecule has 1 aromatic heterocycles. The second-order valence-corrected chi connectivity index (χ2v) is 4.57. The highest BCUT2D eigenvalue weighted by Crippen LogP contribution is 2.26. The molecule has 0 aliphatic carbocycles. The lowest BCUT2D eigenvalue weighted by molar-refractivity contribution is 0.0696. The lowest BCUT2D eigenvalue weighted by Gasteiger charge is -2.07. The van der Waals surface area contributed by atoms with Crippen LogP contribution < -0.4 is 4.74 Å². The topological polar surface area (TPSA) is 64.3 Å². The number of hydrogen-bond donors (Lipinski definition) is 1. The van der Waals surface area contributed by atoms with Crippen LogP contribution in [-0.2, 0) is 13.7 Å². The number of carbonyl (C=O) groups is 1. The van der Waals surface area contributed by atoms with Crippen molar-refractivity contribution in [1.29, 1.82) is 0 Å². The Balaban J connectivity index is 2.08. The number of halogens is 1. The Hall–Kier alpha value is -1.82. The van der Waals surface area contributed by atoms with E-state index in [4.69, 9.17) is 9.84 Å². The second-order valence-electron chi connectivity index (χ2n) is 3.72. The van der Waals surface area contributed by atoms with E-state index in [0.29, 0.717) is 16.8 Å². The number of carboxylic acids is 1. The van der Waals surface area contributed by atoms with Crippen LogP contribution in [0.4, 0.5) is 0 Å². The number of aromatic nitrogens is 2. The lowest BCUT2D eigenvalue weighted by Crippen LogP contribution is -2.00. The largest absolute Gasteiger partial charge is 0.486 e. The first-order valence-electron chi connectivity index (χ1n) is 5.20. The molecule has 0 saturated heterocycles. The highest BCUT2D eigenvalue weighted by atomic mass is 79.9. The molecule has 0 aliphatic heterocycles. The first-order valence-corrected chi connectivity index (χ1v) is 6.00.